The summed E-state index contributed by atoms with van der Waals surface area (Å²) in [5.74, 6) is -1.49. The van der Waals surface area contributed by atoms with Crippen molar-refractivity contribution in [2.45, 2.75) is 13.5 Å². The van der Waals surface area contributed by atoms with Gasteiger partial charge in [-0.3, -0.25) is 0 Å². The number of carboxylic acids is 1. The van der Waals surface area contributed by atoms with E-state index < -0.39 is 11.8 Å². The minimum Gasteiger partial charge on any atom is -0.478 e. The van der Waals surface area contributed by atoms with E-state index in [1.807, 2.05) is 31.2 Å². The van der Waals surface area contributed by atoms with Crippen LogP contribution in [0, 0.1) is 12.7 Å². The van der Waals surface area contributed by atoms with Crippen molar-refractivity contribution >= 4 is 11.7 Å². The van der Waals surface area contributed by atoms with E-state index in [0.717, 1.165) is 11.1 Å². The zero-order valence-electron chi connectivity index (χ0n) is 11.4. The van der Waals surface area contributed by atoms with Crippen molar-refractivity contribution in [2.24, 2.45) is 0 Å². The SMILES string of the molecule is Cc1cccc(CN(C)c2cc(C(=O)O)ccc2F)c1. The normalized spacial score (nSPS) is 10.3. The van der Waals surface area contributed by atoms with Gasteiger partial charge in [0.1, 0.15) is 5.82 Å². The molecule has 0 bridgehead atoms. The second-order valence-corrected chi connectivity index (χ2v) is 4.82. The first-order valence-corrected chi connectivity index (χ1v) is 6.27. The third-order valence-electron chi connectivity index (χ3n) is 3.11. The summed E-state index contributed by atoms with van der Waals surface area (Å²) in [6.45, 7) is 2.51. The molecule has 104 valence electrons. The van der Waals surface area contributed by atoms with Crippen molar-refractivity contribution in [1.82, 2.24) is 0 Å². The Morgan fingerprint density at radius 3 is 2.65 bits per heavy atom. The maximum absolute atomic E-state index is 13.8. The molecule has 0 radical (unpaired) electrons. The molecule has 0 fully saturated rings. The van der Waals surface area contributed by atoms with Gasteiger partial charge in [-0.05, 0) is 30.7 Å². The van der Waals surface area contributed by atoms with Crippen LogP contribution in [0.5, 0.6) is 0 Å². The van der Waals surface area contributed by atoms with Crippen LogP contribution in [-0.4, -0.2) is 18.1 Å². The zero-order chi connectivity index (χ0) is 14.7. The number of hydrogen-bond acceptors (Lipinski definition) is 2. The van der Waals surface area contributed by atoms with Crippen molar-refractivity contribution in [2.75, 3.05) is 11.9 Å². The molecule has 2 aromatic rings. The molecular weight excluding hydrogens is 257 g/mol. The molecule has 0 spiro atoms. The number of aromatic carboxylic acids is 1. The molecule has 1 N–H and O–H groups in total. The smallest absolute Gasteiger partial charge is 0.335 e. The first-order valence-electron chi connectivity index (χ1n) is 6.27. The zero-order valence-corrected chi connectivity index (χ0v) is 11.4. The van der Waals surface area contributed by atoms with Crippen LogP contribution in [-0.2, 0) is 6.54 Å². The highest BCUT2D eigenvalue weighted by molar-refractivity contribution is 5.88. The fourth-order valence-electron chi connectivity index (χ4n) is 2.11. The molecule has 0 atom stereocenters. The Labute approximate surface area is 117 Å². The number of hydrogen-bond donors (Lipinski definition) is 1. The van der Waals surface area contributed by atoms with Crippen LogP contribution < -0.4 is 4.90 Å². The molecule has 0 saturated carbocycles. The molecule has 0 amide bonds. The molecular formula is C16H16FNO2. The second kappa shape index (κ2) is 5.74. The number of aryl methyl sites for hydroxylation is 1. The molecule has 4 heteroatoms. The minimum atomic E-state index is -1.06. The lowest BCUT2D eigenvalue weighted by molar-refractivity contribution is 0.0697. The molecule has 3 nitrogen and oxygen atoms in total. The van der Waals surface area contributed by atoms with Gasteiger partial charge in [0.15, 0.2) is 0 Å². The van der Waals surface area contributed by atoms with E-state index >= 15 is 0 Å². The van der Waals surface area contributed by atoms with E-state index in [4.69, 9.17) is 5.11 Å². The Hall–Kier alpha value is -2.36. The van der Waals surface area contributed by atoms with Crippen LogP contribution in [0.3, 0.4) is 0 Å². The van der Waals surface area contributed by atoms with Crippen molar-refractivity contribution < 1.29 is 14.3 Å². The number of benzene rings is 2. The van der Waals surface area contributed by atoms with Crippen LogP contribution in [0.15, 0.2) is 42.5 Å². The fourth-order valence-corrected chi connectivity index (χ4v) is 2.11. The predicted molar refractivity (Wildman–Crippen MR) is 76.6 cm³/mol. The van der Waals surface area contributed by atoms with Crippen LogP contribution in [0.4, 0.5) is 10.1 Å². The lowest BCUT2D eigenvalue weighted by Gasteiger charge is -2.20. The molecule has 20 heavy (non-hydrogen) atoms. The Bertz CT molecular complexity index is 640. The van der Waals surface area contributed by atoms with Gasteiger partial charge >= 0.3 is 5.97 Å². The number of anilines is 1. The second-order valence-electron chi connectivity index (χ2n) is 4.82. The van der Waals surface area contributed by atoms with Gasteiger partial charge in [0.05, 0.1) is 11.3 Å². The summed E-state index contributed by atoms with van der Waals surface area (Å²) in [6, 6.07) is 11.7. The summed E-state index contributed by atoms with van der Waals surface area (Å²) in [7, 11) is 1.74. The van der Waals surface area contributed by atoms with E-state index in [2.05, 4.69) is 0 Å². The van der Waals surface area contributed by atoms with Gasteiger partial charge in [0.2, 0.25) is 0 Å². The van der Waals surface area contributed by atoms with E-state index in [9.17, 15) is 9.18 Å². The molecule has 2 aromatic carbocycles. The summed E-state index contributed by atoms with van der Waals surface area (Å²) >= 11 is 0. The summed E-state index contributed by atoms with van der Waals surface area (Å²) in [6.07, 6.45) is 0. The molecule has 2 rings (SSSR count). The van der Waals surface area contributed by atoms with Gasteiger partial charge in [-0.25, -0.2) is 9.18 Å². The monoisotopic (exact) mass is 273 g/mol. The highest BCUT2D eigenvalue weighted by Gasteiger charge is 2.12. The molecule has 0 heterocycles. The van der Waals surface area contributed by atoms with E-state index in [1.54, 1.807) is 11.9 Å². The van der Waals surface area contributed by atoms with Crippen LogP contribution >= 0.6 is 0 Å². The fraction of sp³-hybridized carbons (Fsp3) is 0.188. The Morgan fingerprint density at radius 1 is 1.25 bits per heavy atom. The first kappa shape index (κ1) is 14.1. The van der Waals surface area contributed by atoms with Gasteiger partial charge in [0.25, 0.3) is 0 Å². The lowest BCUT2D eigenvalue weighted by atomic mass is 10.1. The molecule has 0 aliphatic heterocycles. The number of carboxylic acid groups (broad SMARTS) is 1. The van der Waals surface area contributed by atoms with Gasteiger partial charge in [-0.15, -0.1) is 0 Å². The maximum Gasteiger partial charge on any atom is 0.335 e. The number of carbonyl (C=O) groups is 1. The molecule has 0 aliphatic rings. The van der Waals surface area contributed by atoms with Crippen molar-refractivity contribution in [1.29, 1.82) is 0 Å². The van der Waals surface area contributed by atoms with Crippen LogP contribution in [0.1, 0.15) is 21.5 Å². The summed E-state index contributed by atoms with van der Waals surface area (Å²) < 4.78 is 13.8. The molecule has 0 unspecified atom stereocenters. The maximum atomic E-state index is 13.8. The Balaban J connectivity index is 2.26. The highest BCUT2D eigenvalue weighted by Crippen LogP contribution is 2.22. The van der Waals surface area contributed by atoms with Crippen LogP contribution in [0.25, 0.3) is 0 Å². The summed E-state index contributed by atoms with van der Waals surface area (Å²) in [4.78, 5) is 12.7. The molecule has 0 aromatic heterocycles. The molecule has 0 aliphatic carbocycles. The van der Waals surface area contributed by atoms with E-state index in [-0.39, 0.29) is 11.3 Å². The average Bonchev–Trinajstić information content (AvgIpc) is 2.38. The number of nitrogens with zero attached hydrogens (tertiary/aromatic N) is 1. The lowest BCUT2D eigenvalue weighted by Crippen LogP contribution is -2.18. The van der Waals surface area contributed by atoms with Crippen molar-refractivity contribution in [3.63, 3.8) is 0 Å². The topological polar surface area (TPSA) is 40.5 Å². The predicted octanol–water partition coefficient (Wildman–Crippen LogP) is 3.47. The standard InChI is InChI=1S/C16H16FNO2/c1-11-4-3-5-12(8-11)10-18(2)15-9-13(16(19)20)6-7-14(15)17/h3-9H,10H2,1-2H3,(H,19,20). The van der Waals surface area contributed by atoms with Gasteiger partial charge in [0, 0.05) is 13.6 Å². The minimum absolute atomic E-state index is 0.0810. The van der Waals surface area contributed by atoms with Crippen molar-refractivity contribution in [3.05, 3.63) is 65.0 Å². The third kappa shape index (κ3) is 3.15. The number of halogens is 1. The Morgan fingerprint density at radius 2 is 2.00 bits per heavy atom. The summed E-state index contributed by atoms with van der Waals surface area (Å²) in [5, 5.41) is 8.97. The molecule has 0 saturated heterocycles. The average molecular weight is 273 g/mol. The largest absolute Gasteiger partial charge is 0.478 e. The number of rotatable bonds is 4. The Kier molecular flexibility index (Phi) is 4.03. The van der Waals surface area contributed by atoms with Gasteiger partial charge in [-0.2, -0.15) is 0 Å². The third-order valence-corrected chi connectivity index (χ3v) is 3.11. The van der Waals surface area contributed by atoms with E-state index in [0.29, 0.717) is 6.54 Å². The first-order chi connectivity index (χ1) is 9.47. The van der Waals surface area contributed by atoms with Crippen LogP contribution in [0.2, 0.25) is 0 Å². The highest BCUT2D eigenvalue weighted by atomic mass is 19.1. The van der Waals surface area contributed by atoms with Gasteiger partial charge < -0.3 is 10.0 Å². The summed E-state index contributed by atoms with van der Waals surface area (Å²) in [5.41, 5.74) is 2.55. The van der Waals surface area contributed by atoms with Gasteiger partial charge in [-0.1, -0.05) is 29.8 Å². The van der Waals surface area contributed by atoms with Crippen molar-refractivity contribution in [3.8, 4) is 0 Å². The van der Waals surface area contributed by atoms with E-state index in [1.165, 1.54) is 18.2 Å². The quantitative estimate of drug-likeness (QED) is 0.927.